The maximum atomic E-state index is 13.1. The molecule has 6 rings (SSSR count). The third-order valence-electron chi connectivity index (χ3n) is 6.01. The highest BCUT2D eigenvalue weighted by atomic mass is 32.1. The number of aromatic amines is 1. The van der Waals surface area contributed by atoms with Gasteiger partial charge in [-0.1, -0.05) is 19.1 Å². The van der Waals surface area contributed by atoms with Crippen molar-refractivity contribution in [1.82, 2.24) is 19.4 Å². The molecular weight excluding hydrogens is 400 g/mol. The van der Waals surface area contributed by atoms with Crippen molar-refractivity contribution in [1.29, 1.82) is 0 Å². The van der Waals surface area contributed by atoms with Gasteiger partial charge in [0.25, 0.3) is 5.56 Å². The number of benzene rings is 1. The van der Waals surface area contributed by atoms with E-state index in [0.29, 0.717) is 33.6 Å². The number of fused-ring (bicyclic) bond motifs is 8. The van der Waals surface area contributed by atoms with E-state index >= 15 is 0 Å². The predicted octanol–water partition coefficient (Wildman–Crippen LogP) is 3.85. The van der Waals surface area contributed by atoms with Crippen LogP contribution in [0.2, 0.25) is 0 Å². The van der Waals surface area contributed by atoms with Crippen LogP contribution in [0.4, 0.5) is 0 Å². The molecule has 0 fully saturated rings. The SMILES string of the molecule is COC(=O)c1c2nc3ccccc3nc2n2c1[nH]c(=O)c1c3c(sc12)C[C@H](C)CC3. The van der Waals surface area contributed by atoms with Crippen LogP contribution in [-0.4, -0.2) is 32.4 Å². The van der Waals surface area contributed by atoms with Crippen LogP contribution < -0.4 is 5.56 Å². The maximum Gasteiger partial charge on any atom is 0.343 e. The number of ether oxygens (including phenoxy) is 1. The minimum absolute atomic E-state index is 0.179. The van der Waals surface area contributed by atoms with E-state index in [0.717, 1.165) is 35.2 Å². The van der Waals surface area contributed by atoms with Gasteiger partial charge in [-0.05, 0) is 42.9 Å². The number of carbonyl (C=O) groups is 1. The number of H-pyrrole nitrogens is 1. The number of aryl methyl sites for hydroxylation is 1. The summed E-state index contributed by atoms with van der Waals surface area (Å²) in [6, 6.07) is 7.53. The van der Waals surface area contributed by atoms with Gasteiger partial charge >= 0.3 is 5.97 Å². The quantitative estimate of drug-likeness (QED) is 0.418. The van der Waals surface area contributed by atoms with Gasteiger partial charge in [0.1, 0.15) is 21.6 Å². The monoisotopic (exact) mass is 418 g/mol. The molecule has 0 saturated carbocycles. The van der Waals surface area contributed by atoms with Gasteiger partial charge in [-0.2, -0.15) is 0 Å². The molecule has 1 N–H and O–H groups in total. The minimum Gasteiger partial charge on any atom is -0.465 e. The summed E-state index contributed by atoms with van der Waals surface area (Å²) >= 11 is 1.62. The summed E-state index contributed by atoms with van der Waals surface area (Å²) in [7, 11) is 1.33. The Labute approximate surface area is 174 Å². The lowest BCUT2D eigenvalue weighted by Gasteiger charge is -2.17. The fraction of sp³-hybridized carbons (Fsp3) is 0.273. The second-order valence-electron chi connectivity index (χ2n) is 7.92. The van der Waals surface area contributed by atoms with Gasteiger partial charge in [-0.15, -0.1) is 11.3 Å². The van der Waals surface area contributed by atoms with E-state index in [2.05, 4.69) is 11.9 Å². The lowest BCUT2D eigenvalue weighted by molar-refractivity contribution is 0.0604. The number of rotatable bonds is 1. The van der Waals surface area contributed by atoms with Crippen LogP contribution >= 0.6 is 11.3 Å². The Hall–Kier alpha value is -3.26. The summed E-state index contributed by atoms with van der Waals surface area (Å²) in [5.74, 6) is 0.0490. The average Bonchev–Trinajstić information content (AvgIpc) is 3.26. The van der Waals surface area contributed by atoms with E-state index in [-0.39, 0.29) is 11.1 Å². The van der Waals surface area contributed by atoms with Gasteiger partial charge in [0.2, 0.25) is 0 Å². The Morgan fingerprint density at radius 3 is 2.80 bits per heavy atom. The molecule has 4 aromatic heterocycles. The van der Waals surface area contributed by atoms with Gasteiger partial charge in [-0.25, -0.2) is 14.8 Å². The zero-order valence-corrected chi connectivity index (χ0v) is 17.3. The van der Waals surface area contributed by atoms with Gasteiger partial charge in [0, 0.05) is 4.88 Å². The normalized spacial score (nSPS) is 16.5. The second-order valence-corrected chi connectivity index (χ2v) is 9.00. The van der Waals surface area contributed by atoms with Crippen molar-refractivity contribution < 1.29 is 9.53 Å². The predicted molar refractivity (Wildman–Crippen MR) is 117 cm³/mol. The highest BCUT2D eigenvalue weighted by molar-refractivity contribution is 7.19. The molecule has 5 aromatic rings. The smallest absolute Gasteiger partial charge is 0.343 e. The minimum atomic E-state index is -0.544. The maximum absolute atomic E-state index is 13.1. The zero-order chi connectivity index (χ0) is 20.6. The molecule has 150 valence electrons. The van der Waals surface area contributed by atoms with Crippen LogP contribution in [0.1, 0.15) is 34.1 Å². The number of nitrogens with one attached hydrogen (secondary N) is 1. The van der Waals surface area contributed by atoms with Crippen LogP contribution in [0.25, 0.3) is 38.1 Å². The number of aromatic nitrogens is 4. The molecule has 7 nitrogen and oxygen atoms in total. The molecule has 1 aliphatic carbocycles. The highest BCUT2D eigenvalue weighted by Gasteiger charge is 2.28. The summed E-state index contributed by atoms with van der Waals surface area (Å²) in [6.45, 7) is 2.24. The number of thiophene rings is 1. The number of para-hydroxylation sites is 2. The van der Waals surface area contributed by atoms with Crippen LogP contribution in [0.3, 0.4) is 0 Å². The number of esters is 1. The van der Waals surface area contributed by atoms with Crippen molar-refractivity contribution in [3.05, 3.63) is 50.6 Å². The first-order valence-electron chi connectivity index (χ1n) is 9.92. The van der Waals surface area contributed by atoms with Crippen molar-refractivity contribution >= 4 is 55.4 Å². The molecule has 1 atom stereocenters. The molecule has 0 aliphatic heterocycles. The van der Waals surface area contributed by atoms with E-state index in [1.165, 1.54) is 12.0 Å². The molecule has 0 spiro atoms. The first-order valence-corrected chi connectivity index (χ1v) is 10.7. The fourth-order valence-corrected chi connectivity index (χ4v) is 6.07. The lowest BCUT2D eigenvalue weighted by atomic mass is 9.89. The number of hydrogen-bond donors (Lipinski definition) is 1. The summed E-state index contributed by atoms with van der Waals surface area (Å²) in [4.78, 5) is 40.4. The summed E-state index contributed by atoms with van der Waals surface area (Å²) < 4.78 is 6.91. The van der Waals surface area contributed by atoms with E-state index in [4.69, 9.17) is 14.7 Å². The second kappa shape index (κ2) is 6.12. The number of hydrogen-bond acceptors (Lipinski definition) is 6. The fourth-order valence-electron chi connectivity index (χ4n) is 4.55. The molecular formula is C22H18N4O3S. The summed E-state index contributed by atoms with van der Waals surface area (Å²) in [5, 5.41) is 0.706. The lowest BCUT2D eigenvalue weighted by Crippen LogP contribution is -2.14. The largest absolute Gasteiger partial charge is 0.465 e. The van der Waals surface area contributed by atoms with E-state index in [1.807, 2.05) is 28.7 Å². The summed E-state index contributed by atoms with van der Waals surface area (Å²) in [6.07, 6.45) is 2.93. The average molecular weight is 418 g/mol. The Bertz CT molecular complexity index is 1580. The third kappa shape index (κ3) is 2.25. The van der Waals surface area contributed by atoms with Crippen molar-refractivity contribution in [3.63, 3.8) is 0 Å². The van der Waals surface area contributed by atoms with Crippen molar-refractivity contribution in [2.75, 3.05) is 7.11 Å². The number of nitrogens with zero attached hydrogens (tertiary/aromatic N) is 3. The molecule has 0 saturated heterocycles. The van der Waals surface area contributed by atoms with Crippen LogP contribution in [0.5, 0.6) is 0 Å². The summed E-state index contributed by atoms with van der Waals surface area (Å²) in [5.41, 5.74) is 3.98. The molecule has 8 heteroatoms. The molecule has 0 unspecified atom stereocenters. The number of carbonyl (C=O) groups excluding carboxylic acids is 1. The van der Waals surface area contributed by atoms with Crippen molar-refractivity contribution in [3.8, 4) is 0 Å². The Morgan fingerprint density at radius 2 is 2.03 bits per heavy atom. The first-order chi connectivity index (χ1) is 14.6. The highest BCUT2D eigenvalue weighted by Crippen LogP contribution is 2.38. The molecule has 0 radical (unpaired) electrons. The van der Waals surface area contributed by atoms with Crippen LogP contribution in [0, 0.1) is 5.92 Å². The first kappa shape index (κ1) is 17.6. The standard InChI is InChI=1S/C22H18N4O3S/c1-10-7-8-11-14(9-10)30-21-15(11)20(27)25-18-16(22(28)29-2)17-19(26(18)21)24-13-6-4-3-5-12(13)23-17/h3-6,10H,7-9H2,1-2H3,(H,25,27)/t10-/m1/s1. The molecule has 1 aliphatic rings. The van der Waals surface area contributed by atoms with Gasteiger partial charge < -0.3 is 9.72 Å². The molecule has 1 aromatic carbocycles. The van der Waals surface area contributed by atoms with E-state index in [9.17, 15) is 9.59 Å². The van der Waals surface area contributed by atoms with Gasteiger partial charge in [0.15, 0.2) is 5.65 Å². The van der Waals surface area contributed by atoms with Crippen LogP contribution in [0.15, 0.2) is 29.1 Å². The Morgan fingerprint density at radius 1 is 1.27 bits per heavy atom. The molecule has 0 amide bonds. The van der Waals surface area contributed by atoms with E-state index in [1.54, 1.807) is 11.3 Å². The molecule has 0 bridgehead atoms. The van der Waals surface area contributed by atoms with Gasteiger partial charge in [0.05, 0.1) is 23.5 Å². The molecule has 4 heterocycles. The molecule has 30 heavy (non-hydrogen) atoms. The number of methoxy groups -OCH3 is 1. The third-order valence-corrected chi connectivity index (χ3v) is 7.25. The Kier molecular flexibility index (Phi) is 3.59. The topological polar surface area (TPSA) is 89.3 Å². The van der Waals surface area contributed by atoms with Crippen molar-refractivity contribution in [2.24, 2.45) is 5.92 Å². The van der Waals surface area contributed by atoms with Crippen molar-refractivity contribution in [2.45, 2.75) is 26.2 Å². The Balaban J connectivity index is 1.86. The van der Waals surface area contributed by atoms with E-state index < -0.39 is 5.97 Å². The van der Waals surface area contributed by atoms with Crippen LogP contribution in [-0.2, 0) is 17.6 Å². The zero-order valence-electron chi connectivity index (χ0n) is 16.5. The van der Waals surface area contributed by atoms with Gasteiger partial charge in [-0.3, -0.25) is 9.20 Å².